The summed E-state index contributed by atoms with van der Waals surface area (Å²) in [6.45, 7) is 6.36. The minimum atomic E-state index is -0.326. The molecule has 0 aromatic heterocycles. The molecule has 0 fully saturated rings. The topological polar surface area (TPSA) is 17.1 Å². The molecule has 1 rings (SSSR count). The van der Waals surface area contributed by atoms with Gasteiger partial charge in [-0.3, -0.25) is 4.79 Å². The van der Waals surface area contributed by atoms with E-state index < -0.39 is 0 Å². The van der Waals surface area contributed by atoms with E-state index in [0.717, 1.165) is 25.7 Å². The first kappa shape index (κ1) is 13.5. The Morgan fingerprint density at radius 1 is 1.38 bits per heavy atom. The first-order valence-electron chi connectivity index (χ1n) is 6.12. The molecule has 0 bridgehead atoms. The van der Waals surface area contributed by atoms with Crippen LogP contribution in [0.25, 0.3) is 0 Å². The fourth-order valence-corrected chi connectivity index (χ4v) is 2.60. The van der Waals surface area contributed by atoms with Crippen molar-refractivity contribution in [1.29, 1.82) is 0 Å². The first-order valence-corrected chi connectivity index (χ1v) is 6.65. The molecule has 1 nitrogen and oxygen atoms in total. The fourth-order valence-electron chi connectivity index (χ4n) is 2.33. The third-order valence-corrected chi connectivity index (χ3v) is 3.81. The summed E-state index contributed by atoms with van der Waals surface area (Å²) in [6, 6.07) is 0. The molecule has 1 unspecified atom stereocenters. The Kier molecular flexibility index (Phi) is 4.79. The minimum Gasteiger partial charge on any atom is -0.297 e. The van der Waals surface area contributed by atoms with Gasteiger partial charge in [-0.05, 0) is 25.7 Å². The standard InChI is InChI=1S/C14H21ClO/c1-4-11-7-12(5-2)9-14(6-3,8-11)13(16)10-15/h7-8H,4-6,9-10H2,1-3H3. The van der Waals surface area contributed by atoms with Crippen molar-refractivity contribution in [2.24, 2.45) is 5.41 Å². The van der Waals surface area contributed by atoms with Gasteiger partial charge in [0.2, 0.25) is 0 Å². The van der Waals surface area contributed by atoms with Gasteiger partial charge in [0.15, 0.2) is 5.78 Å². The van der Waals surface area contributed by atoms with Crippen molar-refractivity contribution >= 4 is 17.4 Å². The summed E-state index contributed by atoms with van der Waals surface area (Å²) in [6.07, 6.45) is 8.11. The molecule has 1 aliphatic carbocycles. The van der Waals surface area contributed by atoms with Gasteiger partial charge in [-0.2, -0.15) is 0 Å². The summed E-state index contributed by atoms with van der Waals surface area (Å²) >= 11 is 5.74. The minimum absolute atomic E-state index is 0.123. The molecular weight excluding hydrogens is 220 g/mol. The van der Waals surface area contributed by atoms with Gasteiger partial charge in [-0.25, -0.2) is 0 Å². The van der Waals surface area contributed by atoms with Gasteiger partial charge >= 0.3 is 0 Å². The molecule has 1 aliphatic rings. The number of hydrogen-bond acceptors (Lipinski definition) is 1. The summed E-state index contributed by atoms with van der Waals surface area (Å²) in [5.74, 6) is 0.292. The highest BCUT2D eigenvalue weighted by molar-refractivity contribution is 6.28. The molecule has 0 saturated heterocycles. The van der Waals surface area contributed by atoms with Gasteiger partial charge in [0, 0.05) is 0 Å². The Bertz CT molecular complexity index is 328. The van der Waals surface area contributed by atoms with Crippen LogP contribution in [0.2, 0.25) is 0 Å². The van der Waals surface area contributed by atoms with Crippen LogP contribution in [-0.2, 0) is 4.79 Å². The van der Waals surface area contributed by atoms with Crippen LogP contribution in [0.4, 0.5) is 0 Å². The zero-order valence-electron chi connectivity index (χ0n) is 10.5. The largest absolute Gasteiger partial charge is 0.297 e. The van der Waals surface area contributed by atoms with E-state index >= 15 is 0 Å². The van der Waals surface area contributed by atoms with Crippen LogP contribution < -0.4 is 0 Å². The van der Waals surface area contributed by atoms with E-state index in [1.807, 2.05) is 0 Å². The molecule has 16 heavy (non-hydrogen) atoms. The Balaban J connectivity index is 3.09. The van der Waals surface area contributed by atoms with Crippen LogP contribution in [0.1, 0.15) is 46.5 Å². The molecule has 0 aromatic rings. The van der Waals surface area contributed by atoms with Crippen molar-refractivity contribution in [2.45, 2.75) is 46.5 Å². The number of rotatable bonds is 5. The second-order valence-electron chi connectivity index (χ2n) is 4.47. The van der Waals surface area contributed by atoms with Crippen molar-refractivity contribution in [3.05, 3.63) is 23.3 Å². The summed E-state index contributed by atoms with van der Waals surface area (Å²) in [7, 11) is 0. The zero-order chi connectivity index (χ0) is 12.2. The maximum atomic E-state index is 12.0. The van der Waals surface area contributed by atoms with Gasteiger partial charge in [-0.15, -0.1) is 11.6 Å². The highest BCUT2D eigenvalue weighted by Crippen LogP contribution is 2.40. The number of carbonyl (C=O) groups is 1. The van der Waals surface area contributed by atoms with Crippen LogP contribution >= 0.6 is 11.6 Å². The first-order chi connectivity index (χ1) is 7.61. The quantitative estimate of drug-likeness (QED) is 0.656. The molecule has 0 aliphatic heterocycles. The maximum Gasteiger partial charge on any atom is 0.157 e. The molecule has 0 N–H and O–H groups in total. The number of Topliss-reactive ketones (excluding diaryl/α,β-unsaturated/α-hetero) is 1. The Morgan fingerprint density at radius 2 is 2.06 bits per heavy atom. The average Bonchev–Trinajstić information content (AvgIpc) is 2.36. The monoisotopic (exact) mass is 240 g/mol. The van der Waals surface area contributed by atoms with Gasteiger partial charge in [0.25, 0.3) is 0 Å². The van der Waals surface area contributed by atoms with Crippen molar-refractivity contribution in [2.75, 3.05) is 5.88 Å². The molecule has 2 heteroatoms. The second kappa shape index (κ2) is 5.67. The molecule has 1 atom stereocenters. The Labute approximate surface area is 104 Å². The molecule has 0 heterocycles. The van der Waals surface area contributed by atoms with Gasteiger partial charge in [0.05, 0.1) is 11.3 Å². The van der Waals surface area contributed by atoms with E-state index in [1.165, 1.54) is 11.1 Å². The van der Waals surface area contributed by atoms with Crippen LogP contribution in [-0.4, -0.2) is 11.7 Å². The molecule has 0 radical (unpaired) electrons. The number of hydrogen-bond donors (Lipinski definition) is 0. The highest BCUT2D eigenvalue weighted by Gasteiger charge is 2.35. The van der Waals surface area contributed by atoms with Crippen LogP contribution in [0, 0.1) is 5.41 Å². The maximum absolute atomic E-state index is 12.0. The van der Waals surface area contributed by atoms with E-state index in [9.17, 15) is 4.79 Å². The van der Waals surface area contributed by atoms with Gasteiger partial charge in [-0.1, -0.05) is 44.1 Å². The van der Waals surface area contributed by atoms with Crippen molar-refractivity contribution in [3.63, 3.8) is 0 Å². The van der Waals surface area contributed by atoms with Gasteiger partial charge in [0.1, 0.15) is 0 Å². The molecule has 0 saturated carbocycles. The Hall–Kier alpha value is -0.560. The second-order valence-corrected chi connectivity index (χ2v) is 4.74. The van der Waals surface area contributed by atoms with Crippen molar-refractivity contribution < 1.29 is 4.79 Å². The van der Waals surface area contributed by atoms with E-state index in [2.05, 4.69) is 32.9 Å². The summed E-state index contributed by atoms with van der Waals surface area (Å²) < 4.78 is 0. The van der Waals surface area contributed by atoms with E-state index in [0.29, 0.717) is 0 Å². The molecule has 0 amide bonds. The molecule has 0 spiro atoms. The summed E-state index contributed by atoms with van der Waals surface area (Å²) in [5.41, 5.74) is 2.33. The summed E-state index contributed by atoms with van der Waals surface area (Å²) in [5, 5.41) is 0. The zero-order valence-corrected chi connectivity index (χ0v) is 11.2. The summed E-state index contributed by atoms with van der Waals surface area (Å²) in [4.78, 5) is 12.0. The van der Waals surface area contributed by atoms with E-state index in [1.54, 1.807) is 0 Å². The van der Waals surface area contributed by atoms with Gasteiger partial charge < -0.3 is 0 Å². The smallest absolute Gasteiger partial charge is 0.157 e. The van der Waals surface area contributed by atoms with E-state index in [-0.39, 0.29) is 17.1 Å². The molecule has 0 aromatic carbocycles. The van der Waals surface area contributed by atoms with Crippen molar-refractivity contribution in [3.8, 4) is 0 Å². The average molecular weight is 241 g/mol. The van der Waals surface area contributed by atoms with Crippen molar-refractivity contribution in [1.82, 2.24) is 0 Å². The number of ketones is 1. The predicted molar refractivity (Wildman–Crippen MR) is 69.8 cm³/mol. The van der Waals surface area contributed by atoms with Crippen LogP contribution in [0.15, 0.2) is 23.3 Å². The number of carbonyl (C=O) groups excluding carboxylic acids is 1. The number of alkyl halides is 1. The fraction of sp³-hybridized carbons (Fsp3) is 0.643. The SMILES string of the molecule is CCC1=CC(CC)(C(=O)CCl)CC(CC)=C1. The normalized spacial score (nSPS) is 25.0. The number of allylic oxidation sites excluding steroid dienone is 4. The van der Waals surface area contributed by atoms with E-state index in [4.69, 9.17) is 11.6 Å². The highest BCUT2D eigenvalue weighted by atomic mass is 35.5. The lowest BCUT2D eigenvalue weighted by Crippen LogP contribution is -2.32. The van der Waals surface area contributed by atoms with Crippen LogP contribution in [0.3, 0.4) is 0 Å². The molecule has 90 valence electrons. The lowest BCUT2D eigenvalue weighted by atomic mass is 9.71. The van der Waals surface area contributed by atoms with Crippen LogP contribution in [0.5, 0.6) is 0 Å². The Morgan fingerprint density at radius 3 is 2.50 bits per heavy atom. The third-order valence-electron chi connectivity index (χ3n) is 3.56. The lowest BCUT2D eigenvalue weighted by Gasteiger charge is -2.32. The molecular formula is C14H21ClO. The lowest BCUT2D eigenvalue weighted by molar-refractivity contribution is -0.124. The number of halogens is 1. The predicted octanol–water partition coefficient (Wildman–Crippen LogP) is 4.27. The third kappa shape index (κ3) is 2.57.